The first-order valence-corrected chi connectivity index (χ1v) is 11.4. The summed E-state index contributed by atoms with van der Waals surface area (Å²) in [6.45, 7) is 6.93. The lowest BCUT2D eigenvalue weighted by Gasteiger charge is -2.12. The van der Waals surface area contributed by atoms with Gasteiger partial charge in [0.05, 0.1) is 13.2 Å². The Morgan fingerprint density at radius 3 is 2.45 bits per heavy atom. The number of benzene rings is 2. The molecule has 5 nitrogen and oxygen atoms in total. The molecule has 0 bridgehead atoms. The zero-order chi connectivity index (χ0) is 20.6. The second-order valence-corrected chi connectivity index (χ2v) is 8.45. The van der Waals surface area contributed by atoms with Crippen LogP contribution in [0.25, 0.3) is 11.3 Å². The number of thioether (sulfide) groups is 1. The van der Waals surface area contributed by atoms with Crippen molar-refractivity contribution in [1.29, 1.82) is 0 Å². The highest BCUT2D eigenvalue weighted by atomic mass is 32.2. The standard InChI is InChI=1S/C22H24N2O3S2/c1-4-26-17-13-12-16(14-18(17)27-5-2)20(25)24-21-19(15-10-8-7-9-11-15)23-22(29-21)28-6-3/h7-14H,4-6H2,1-3H3,(H,24,25). The number of aromatic nitrogens is 1. The van der Waals surface area contributed by atoms with Crippen LogP contribution in [-0.2, 0) is 0 Å². The molecule has 0 aliphatic heterocycles. The second-order valence-electron chi connectivity index (χ2n) is 5.94. The molecule has 1 N–H and O–H groups in total. The van der Waals surface area contributed by atoms with Gasteiger partial charge in [-0.2, -0.15) is 0 Å². The number of ether oxygens (including phenoxy) is 2. The second kappa shape index (κ2) is 10.3. The number of nitrogens with zero attached hydrogens (tertiary/aromatic N) is 1. The lowest BCUT2D eigenvalue weighted by molar-refractivity contribution is 0.102. The first-order chi connectivity index (χ1) is 14.2. The molecule has 0 fully saturated rings. The van der Waals surface area contributed by atoms with Gasteiger partial charge in [-0.15, -0.1) is 0 Å². The van der Waals surface area contributed by atoms with Crippen molar-refractivity contribution in [2.24, 2.45) is 0 Å². The van der Waals surface area contributed by atoms with Gasteiger partial charge in [-0.3, -0.25) is 4.79 Å². The molecule has 2 aromatic carbocycles. The van der Waals surface area contributed by atoms with Gasteiger partial charge in [0.25, 0.3) is 5.91 Å². The number of carbonyl (C=O) groups excluding carboxylic acids is 1. The molecule has 152 valence electrons. The van der Waals surface area contributed by atoms with Gasteiger partial charge in [0.15, 0.2) is 15.8 Å². The van der Waals surface area contributed by atoms with Gasteiger partial charge in [0.1, 0.15) is 10.7 Å². The first kappa shape index (κ1) is 21.2. The van der Waals surface area contributed by atoms with Gasteiger partial charge in [0, 0.05) is 11.1 Å². The van der Waals surface area contributed by atoms with Crippen LogP contribution >= 0.6 is 23.1 Å². The summed E-state index contributed by atoms with van der Waals surface area (Å²) in [7, 11) is 0. The van der Waals surface area contributed by atoms with Crippen LogP contribution < -0.4 is 14.8 Å². The number of nitrogens with one attached hydrogen (secondary N) is 1. The lowest BCUT2D eigenvalue weighted by Crippen LogP contribution is -2.12. The van der Waals surface area contributed by atoms with Crippen LogP contribution in [0.5, 0.6) is 11.5 Å². The topological polar surface area (TPSA) is 60.5 Å². The van der Waals surface area contributed by atoms with Crippen LogP contribution in [0, 0.1) is 0 Å². The maximum atomic E-state index is 13.0. The van der Waals surface area contributed by atoms with E-state index in [4.69, 9.17) is 14.5 Å². The van der Waals surface area contributed by atoms with Crippen molar-refractivity contribution in [3.05, 3.63) is 54.1 Å². The van der Waals surface area contributed by atoms with Gasteiger partial charge < -0.3 is 14.8 Å². The molecule has 0 aliphatic carbocycles. The number of carbonyl (C=O) groups is 1. The summed E-state index contributed by atoms with van der Waals surface area (Å²) in [4.78, 5) is 17.7. The van der Waals surface area contributed by atoms with E-state index < -0.39 is 0 Å². The van der Waals surface area contributed by atoms with Gasteiger partial charge in [0.2, 0.25) is 0 Å². The van der Waals surface area contributed by atoms with Crippen molar-refractivity contribution >= 4 is 34.0 Å². The summed E-state index contributed by atoms with van der Waals surface area (Å²) < 4.78 is 12.2. The van der Waals surface area contributed by atoms with E-state index >= 15 is 0 Å². The number of thiazole rings is 1. The van der Waals surface area contributed by atoms with Crippen molar-refractivity contribution in [1.82, 2.24) is 4.98 Å². The Hall–Kier alpha value is -2.51. The minimum absolute atomic E-state index is 0.206. The molecule has 7 heteroatoms. The van der Waals surface area contributed by atoms with Crippen molar-refractivity contribution in [3.8, 4) is 22.8 Å². The fraction of sp³-hybridized carbons (Fsp3) is 0.273. The molecule has 1 amide bonds. The number of anilines is 1. The van der Waals surface area contributed by atoms with Crippen LogP contribution in [0.1, 0.15) is 31.1 Å². The van der Waals surface area contributed by atoms with Crippen molar-refractivity contribution in [3.63, 3.8) is 0 Å². The Morgan fingerprint density at radius 1 is 1.03 bits per heavy atom. The fourth-order valence-electron chi connectivity index (χ4n) is 2.73. The zero-order valence-electron chi connectivity index (χ0n) is 16.7. The number of rotatable bonds is 9. The smallest absolute Gasteiger partial charge is 0.256 e. The van der Waals surface area contributed by atoms with Crippen molar-refractivity contribution in [2.45, 2.75) is 25.1 Å². The maximum Gasteiger partial charge on any atom is 0.256 e. The Bertz CT molecular complexity index is 958. The minimum Gasteiger partial charge on any atom is -0.490 e. The highest BCUT2D eigenvalue weighted by molar-refractivity contribution is 8.01. The molecule has 3 rings (SSSR count). The zero-order valence-corrected chi connectivity index (χ0v) is 18.4. The molecule has 0 radical (unpaired) electrons. The predicted molar refractivity (Wildman–Crippen MR) is 121 cm³/mol. The molecule has 0 spiro atoms. The minimum atomic E-state index is -0.206. The molecular formula is C22H24N2O3S2. The monoisotopic (exact) mass is 428 g/mol. The van der Waals surface area contributed by atoms with Crippen molar-refractivity contribution in [2.75, 3.05) is 24.3 Å². The normalized spacial score (nSPS) is 10.6. The van der Waals surface area contributed by atoms with Crippen LogP contribution in [0.15, 0.2) is 52.9 Å². The quantitative estimate of drug-likeness (QED) is 0.425. The van der Waals surface area contributed by atoms with Gasteiger partial charge in [-0.05, 0) is 37.8 Å². The highest BCUT2D eigenvalue weighted by Crippen LogP contribution is 2.38. The van der Waals surface area contributed by atoms with Crippen LogP contribution in [-0.4, -0.2) is 29.9 Å². The molecule has 3 aromatic rings. The molecule has 0 aliphatic rings. The van der Waals surface area contributed by atoms with Gasteiger partial charge >= 0.3 is 0 Å². The van der Waals surface area contributed by atoms with E-state index in [-0.39, 0.29) is 5.91 Å². The summed E-state index contributed by atoms with van der Waals surface area (Å²) in [6.07, 6.45) is 0. The van der Waals surface area contributed by atoms with Crippen molar-refractivity contribution < 1.29 is 14.3 Å². The summed E-state index contributed by atoms with van der Waals surface area (Å²) in [5, 5.41) is 3.77. The van der Waals surface area contributed by atoms with E-state index in [2.05, 4.69) is 12.2 Å². The molecule has 0 saturated carbocycles. The summed E-state index contributed by atoms with van der Waals surface area (Å²) in [6, 6.07) is 15.1. The number of amides is 1. The average Bonchev–Trinajstić information content (AvgIpc) is 3.13. The fourth-order valence-corrected chi connectivity index (χ4v) is 4.69. The SMILES string of the molecule is CCOc1ccc(C(=O)Nc2sc(SCC)nc2-c2ccccc2)cc1OCC. The molecule has 29 heavy (non-hydrogen) atoms. The molecule has 0 unspecified atom stereocenters. The average molecular weight is 429 g/mol. The van der Waals surface area contributed by atoms with Gasteiger partial charge in [-0.25, -0.2) is 4.98 Å². The third-order valence-electron chi connectivity index (χ3n) is 3.96. The number of hydrogen-bond acceptors (Lipinski definition) is 6. The van der Waals surface area contributed by atoms with E-state index in [1.54, 1.807) is 30.0 Å². The van der Waals surface area contributed by atoms with E-state index in [1.165, 1.54) is 11.3 Å². The Kier molecular flexibility index (Phi) is 7.55. The van der Waals surface area contributed by atoms with E-state index in [1.807, 2.05) is 44.2 Å². The third-order valence-corrected chi connectivity index (χ3v) is 5.95. The summed E-state index contributed by atoms with van der Waals surface area (Å²) in [5.41, 5.74) is 2.27. The molecule has 1 heterocycles. The van der Waals surface area contributed by atoms with Crippen LogP contribution in [0.3, 0.4) is 0 Å². The van der Waals surface area contributed by atoms with E-state index in [0.29, 0.717) is 30.3 Å². The number of hydrogen-bond donors (Lipinski definition) is 1. The Labute approximate surface area is 179 Å². The maximum absolute atomic E-state index is 13.0. The summed E-state index contributed by atoms with van der Waals surface area (Å²) in [5.74, 6) is 1.92. The Morgan fingerprint density at radius 2 is 1.76 bits per heavy atom. The summed E-state index contributed by atoms with van der Waals surface area (Å²) >= 11 is 3.16. The third kappa shape index (κ3) is 5.31. The molecule has 1 aromatic heterocycles. The highest BCUT2D eigenvalue weighted by Gasteiger charge is 2.18. The predicted octanol–water partition coefficient (Wildman–Crippen LogP) is 5.97. The van der Waals surface area contributed by atoms with E-state index in [0.717, 1.165) is 26.4 Å². The van der Waals surface area contributed by atoms with E-state index in [9.17, 15) is 4.79 Å². The molecular weight excluding hydrogens is 404 g/mol. The van der Waals surface area contributed by atoms with Crippen LogP contribution in [0.4, 0.5) is 5.00 Å². The van der Waals surface area contributed by atoms with Gasteiger partial charge in [-0.1, -0.05) is 60.4 Å². The molecule has 0 saturated heterocycles. The lowest BCUT2D eigenvalue weighted by atomic mass is 10.1. The Balaban J connectivity index is 1.89. The first-order valence-electron chi connectivity index (χ1n) is 9.56. The molecule has 0 atom stereocenters. The largest absolute Gasteiger partial charge is 0.490 e. The van der Waals surface area contributed by atoms with Crippen LogP contribution in [0.2, 0.25) is 0 Å².